The van der Waals surface area contributed by atoms with Gasteiger partial charge in [-0.25, -0.2) is 0 Å². The van der Waals surface area contributed by atoms with Crippen molar-refractivity contribution in [3.63, 3.8) is 0 Å². The average Bonchev–Trinajstić information content (AvgIpc) is 3.05. The first-order valence-electron chi connectivity index (χ1n) is 15.5. The number of phenols is 1. The van der Waals surface area contributed by atoms with E-state index in [4.69, 9.17) is 21.0 Å². The fourth-order valence-electron chi connectivity index (χ4n) is 7.68. The van der Waals surface area contributed by atoms with Gasteiger partial charge < -0.3 is 62.4 Å². The zero-order valence-corrected chi connectivity index (χ0v) is 27.4. The number of nitrogens with one attached hydrogen (secondary N) is 1. The summed E-state index contributed by atoms with van der Waals surface area (Å²) < 4.78 is 5.53. The summed E-state index contributed by atoms with van der Waals surface area (Å²) in [5.74, 6) is -11.5. The van der Waals surface area contributed by atoms with Crippen molar-refractivity contribution < 1.29 is 69.6 Å². The normalized spacial score (nSPS) is 35.6. The van der Waals surface area contributed by atoms with Gasteiger partial charge in [0, 0.05) is 11.5 Å². The Labute approximate surface area is 284 Å². The molecule has 1 saturated carbocycles. The summed E-state index contributed by atoms with van der Waals surface area (Å²) >= 11 is 0. The molecule has 274 valence electrons. The van der Waals surface area contributed by atoms with Gasteiger partial charge in [-0.3, -0.25) is 28.9 Å². The number of likely N-dealkylation sites (N-methyl/N-ethyl adjacent to an activating group) is 1. The van der Waals surface area contributed by atoms with Gasteiger partial charge in [-0.05, 0) is 31.6 Å². The Bertz CT molecular complexity index is 1680. The largest absolute Gasteiger partial charge is 0.508 e. The lowest BCUT2D eigenvalue weighted by Gasteiger charge is -2.53. The van der Waals surface area contributed by atoms with Crippen molar-refractivity contribution in [2.75, 3.05) is 39.7 Å². The number of aliphatic hydroxyl groups is 7. The Balaban J connectivity index is 1.52. The minimum Gasteiger partial charge on any atom is -0.508 e. The number of nitrogens with zero attached hydrogens (tertiary/aromatic N) is 2. The number of aromatic hydroxyl groups is 1. The standard InChI is InChI=1S/C31H41N5O14/c1-9-10-5-6-11(34-13(38)7-36(49-4)30-19(32)26(44)22(40)12(8-37)50-30)21(39)15(10)23(41)16-14(9)24(42)18-20(35(2)3)25(43)17(29(33)47)28(46)31(18,48)27(16)45/h5-6,9,12,14,18-20,22,24,26,30,37,39-42,44,46,48H,7-8,32H2,1-4H3,(H2,33,47)(H,34,38)/t9-,12+,14+,18+,19+,20-,22+,24-,26+,30+,31-/m0/s1. The zero-order valence-electron chi connectivity index (χ0n) is 27.4. The number of hydroxylamine groups is 2. The molecule has 1 saturated heterocycles. The highest BCUT2D eigenvalue weighted by molar-refractivity contribution is 6.24. The van der Waals surface area contributed by atoms with Crippen LogP contribution in [0.4, 0.5) is 5.69 Å². The van der Waals surface area contributed by atoms with Gasteiger partial charge in [0.2, 0.25) is 11.7 Å². The van der Waals surface area contributed by atoms with Gasteiger partial charge in [0.25, 0.3) is 5.91 Å². The second-order valence-corrected chi connectivity index (χ2v) is 13.1. The lowest BCUT2D eigenvalue weighted by atomic mass is 9.54. The maximum atomic E-state index is 14.2. The van der Waals surface area contributed by atoms with Gasteiger partial charge in [-0.2, -0.15) is 0 Å². The number of primary amides is 1. The Morgan fingerprint density at radius 1 is 1.08 bits per heavy atom. The van der Waals surface area contributed by atoms with E-state index in [1.54, 1.807) is 6.92 Å². The average molecular weight is 708 g/mol. The maximum Gasteiger partial charge on any atom is 0.255 e. The molecular weight excluding hydrogens is 666 g/mol. The molecule has 2 amide bonds. The van der Waals surface area contributed by atoms with Gasteiger partial charge >= 0.3 is 0 Å². The monoisotopic (exact) mass is 707 g/mol. The van der Waals surface area contributed by atoms with Crippen molar-refractivity contribution in [3.05, 3.63) is 40.2 Å². The summed E-state index contributed by atoms with van der Waals surface area (Å²) in [5, 5.41) is 90.8. The summed E-state index contributed by atoms with van der Waals surface area (Å²) in [4.78, 5) is 59.3. The number of hydrogen-bond acceptors (Lipinski definition) is 17. The predicted octanol–water partition coefficient (Wildman–Crippen LogP) is -3.94. The number of amides is 2. The van der Waals surface area contributed by atoms with Gasteiger partial charge in [-0.1, -0.05) is 13.0 Å². The molecule has 0 radical (unpaired) electrons. The number of carbonyl (C=O) groups is 4. The molecule has 19 heteroatoms. The van der Waals surface area contributed by atoms with Crippen molar-refractivity contribution in [2.45, 2.75) is 61.2 Å². The second kappa shape index (κ2) is 13.3. The summed E-state index contributed by atoms with van der Waals surface area (Å²) in [6.07, 6.45) is -7.40. The van der Waals surface area contributed by atoms with E-state index in [1.165, 1.54) is 38.2 Å². The summed E-state index contributed by atoms with van der Waals surface area (Å²) in [6, 6.07) is -0.0759. The maximum absolute atomic E-state index is 14.2. The first kappa shape index (κ1) is 37.2. The molecule has 1 heterocycles. The van der Waals surface area contributed by atoms with E-state index in [0.29, 0.717) is 0 Å². The fourth-order valence-corrected chi connectivity index (χ4v) is 7.68. The van der Waals surface area contributed by atoms with Crippen LogP contribution in [0.15, 0.2) is 29.0 Å². The first-order valence-corrected chi connectivity index (χ1v) is 15.5. The number of Topliss-reactive ketones (excluding diaryl/α,β-unsaturated/α-hetero) is 2. The lowest BCUT2D eigenvalue weighted by molar-refractivity contribution is -0.298. The minimum absolute atomic E-state index is 0.216. The summed E-state index contributed by atoms with van der Waals surface area (Å²) in [6.45, 7) is 0.250. The van der Waals surface area contributed by atoms with Gasteiger partial charge in [0.1, 0.15) is 47.7 Å². The van der Waals surface area contributed by atoms with E-state index in [9.17, 15) is 60.0 Å². The number of ketones is 2. The number of ether oxygens (including phenoxy) is 1. The molecule has 50 heavy (non-hydrogen) atoms. The number of rotatable bonds is 8. The number of carbonyl (C=O) groups excluding carboxylic acids is 4. The van der Waals surface area contributed by atoms with Crippen LogP contribution in [0.2, 0.25) is 0 Å². The molecule has 4 aliphatic rings. The highest BCUT2D eigenvalue weighted by atomic mass is 16.7. The number of phenolic OH excluding ortho intramolecular Hbond substituents is 1. The molecule has 2 fully saturated rings. The number of aliphatic hydroxyl groups excluding tert-OH is 6. The van der Waals surface area contributed by atoms with E-state index >= 15 is 0 Å². The molecule has 0 bridgehead atoms. The second-order valence-electron chi connectivity index (χ2n) is 13.1. The lowest BCUT2D eigenvalue weighted by Crippen LogP contribution is -2.70. The Morgan fingerprint density at radius 3 is 2.28 bits per heavy atom. The van der Waals surface area contributed by atoms with Crippen LogP contribution >= 0.6 is 0 Å². The quantitative estimate of drug-likeness (QED) is 0.0698. The molecule has 5 rings (SSSR count). The van der Waals surface area contributed by atoms with E-state index in [2.05, 4.69) is 5.32 Å². The van der Waals surface area contributed by atoms with Crippen molar-refractivity contribution in [2.24, 2.45) is 23.3 Å². The van der Waals surface area contributed by atoms with Gasteiger partial charge in [0.15, 0.2) is 17.6 Å². The smallest absolute Gasteiger partial charge is 0.255 e. The van der Waals surface area contributed by atoms with Crippen LogP contribution < -0.4 is 16.8 Å². The number of fused-ring (bicyclic) bond motifs is 3. The zero-order chi connectivity index (χ0) is 37.3. The van der Waals surface area contributed by atoms with E-state index in [-0.39, 0.29) is 16.8 Å². The first-order chi connectivity index (χ1) is 23.4. The third-order valence-electron chi connectivity index (χ3n) is 10.2. The topological polar surface area (TPSA) is 319 Å². The molecule has 0 aromatic heterocycles. The minimum atomic E-state index is -3.09. The summed E-state index contributed by atoms with van der Waals surface area (Å²) in [7, 11) is 3.97. The predicted molar refractivity (Wildman–Crippen MR) is 168 cm³/mol. The van der Waals surface area contributed by atoms with Gasteiger partial charge in [0.05, 0.1) is 49.1 Å². The highest BCUT2D eigenvalue weighted by Crippen LogP contribution is 2.56. The van der Waals surface area contributed by atoms with E-state index < -0.39 is 131 Å². The van der Waals surface area contributed by atoms with Crippen LogP contribution in [0, 0.1) is 11.8 Å². The van der Waals surface area contributed by atoms with Crippen molar-refractivity contribution in [3.8, 4) is 5.75 Å². The molecule has 19 nitrogen and oxygen atoms in total. The number of benzene rings is 1. The van der Waals surface area contributed by atoms with Crippen LogP contribution in [-0.4, -0.2) is 157 Å². The number of hydrogen-bond donors (Lipinski definition) is 11. The van der Waals surface area contributed by atoms with E-state index in [0.717, 1.165) is 5.06 Å². The Kier molecular flexibility index (Phi) is 9.88. The van der Waals surface area contributed by atoms with E-state index in [1.807, 2.05) is 0 Å². The Morgan fingerprint density at radius 2 is 1.72 bits per heavy atom. The molecule has 1 aliphatic heterocycles. The van der Waals surface area contributed by atoms with Crippen LogP contribution in [0.25, 0.3) is 5.76 Å². The van der Waals surface area contributed by atoms with Crippen LogP contribution in [0.1, 0.15) is 24.0 Å². The van der Waals surface area contributed by atoms with Crippen molar-refractivity contribution in [1.29, 1.82) is 0 Å². The molecule has 1 aromatic carbocycles. The van der Waals surface area contributed by atoms with Crippen molar-refractivity contribution >= 4 is 34.8 Å². The highest BCUT2D eigenvalue weighted by Gasteiger charge is 2.68. The molecule has 3 aliphatic carbocycles. The van der Waals surface area contributed by atoms with Gasteiger partial charge in [-0.15, -0.1) is 5.06 Å². The van der Waals surface area contributed by atoms with Crippen LogP contribution in [-0.2, 0) is 28.8 Å². The molecule has 1 aromatic rings. The SMILES string of the molecule is CON(CC(=O)Nc1ccc2c(c1O)C(O)=C1C(=O)[C@]3(O)C(O)=C(C(N)=O)C(=O)[C@@H](N(C)C)[C@@H]3[C@@H](O)[C@@H]1[C@H]2C)[C@@H]1O[C@H](CO)[C@@H](O)[C@H](O)[C@H]1N. The summed E-state index contributed by atoms with van der Waals surface area (Å²) in [5.41, 5.74) is 6.19. The van der Waals surface area contributed by atoms with Crippen molar-refractivity contribution in [1.82, 2.24) is 9.96 Å². The number of anilines is 1. The van der Waals surface area contributed by atoms with Crippen LogP contribution in [0.3, 0.4) is 0 Å². The Hall–Kier alpha value is -4.02. The third-order valence-corrected chi connectivity index (χ3v) is 10.2. The van der Waals surface area contributed by atoms with Crippen LogP contribution in [0.5, 0.6) is 5.75 Å². The molecule has 13 N–H and O–H groups in total. The molecular formula is C31H41N5O14. The third kappa shape index (κ3) is 5.37. The molecule has 0 unspecified atom stereocenters. The molecule has 0 spiro atoms. The molecule has 11 atom stereocenters. The fraction of sp³-hybridized carbons (Fsp3) is 0.548. The number of nitrogens with two attached hydrogens (primary N) is 2.